The first-order valence-electron chi connectivity index (χ1n) is 9.49. The van der Waals surface area contributed by atoms with Crippen molar-refractivity contribution >= 4 is 17.7 Å². The highest BCUT2D eigenvalue weighted by Gasteiger charge is 2.35. The molecule has 1 aliphatic heterocycles. The molecule has 32 heavy (non-hydrogen) atoms. The smallest absolute Gasteiger partial charge is 0.422 e. The summed E-state index contributed by atoms with van der Waals surface area (Å²) in [6.45, 7) is 1.54. The van der Waals surface area contributed by atoms with E-state index in [0.29, 0.717) is 22.3 Å². The zero-order chi connectivity index (χ0) is 23.6. The van der Waals surface area contributed by atoms with Gasteiger partial charge in [-0.25, -0.2) is 4.98 Å². The van der Waals surface area contributed by atoms with Gasteiger partial charge in [0, 0.05) is 35.6 Å². The third-order valence-electron chi connectivity index (χ3n) is 4.89. The van der Waals surface area contributed by atoms with Crippen molar-refractivity contribution in [3.8, 4) is 5.88 Å². The highest BCUT2D eigenvalue weighted by molar-refractivity contribution is 6.04. The first-order chi connectivity index (χ1) is 15.0. The van der Waals surface area contributed by atoms with Crippen LogP contribution < -0.4 is 15.8 Å². The van der Waals surface area contributed by atoms with Crippen molar-refractivity contribution in [2.45, 2.75) is 32.6 Å². The van der Waals surface area contributed by atoms with Gasteiger partial charge in [0.15, 0.2) is 6.61 Å². The average molecular weight is 451 g/mol. The lowest BCUT2D eigenvalue weighted by molar-refractivity contribution is -0.154. The molecule has 3 rings (SSSR count). The average Bonchev–Trinajstić information content (AvgIpc) is 3.06. The zero-order valence-electron chi connectivity index (χ0n) is 17.2. The van der Waals surface area contributed by atoms with E-state index >= 15 is 0 Å². The molecule has 0 aromatic carbocycles. The molecule has 3 amide bonds. The van der Waals surface area contributed by atoms with Crippen LogP contribution in [0.3, 0.4) is 0 Å². The maximum absolute atomic E-state index is 12.9. The van der Waals surface area contributed by atoms with E-state index < -0.39 is 30.6 Å². The fraction of sp³-hybridized carbons (Fsp3) is 0.350. The van der Waals surface area contributed by atoms with Gasteiger partial charge in [-0.1, -0.05) is 0 Å². The third-order valence-corrected chi connectivity index (χ3v) is 4.89. The van der Waals surface area contributed by atoms with E-state index in [2.05, 4.69) is 15.3 Å². The second-order valence-electron chi connectivity index (χ2n) is 7.24. The molecule has 2 aromatic rings. The number of rotatable bonds is 7. The van der Waals surface area contributed by atoms with E-state index in [1.807, 2.05) is 0 Å². The molecule has 0 aliphatic carbocycles. The molecule has 12 heteroatoms. The number of ether oxygens (including phenoxy) is 1. The van der Waals surface area contributed by atoms with Gasteiger partial charge >= 0.3 is 6.18 Å². The number of carbonyl (C=O) groups excluding carboxylic acids is 3. The normalized spacial score (nSPS) is 14.2. The van der Waals surface area contributed by atoms with Crippen LogP contribution in [0.25, 0.3) is 0 Å². The van der Waals surface area contributed by atoms with Crippen LogP contribution in [0, 0.1) is 6.92 Å². The van der Waals surface area contributed by atoms with E-state index in [9.17, 15) is 27.6 Å². The predicted molar refractivity (Wildman–Crippen MR) is 105 cm³/mol. The minimum Gasteiger partial charge on any atom is -0.468 e. The number of primary amides is 1. The number of pyridine rings is 2. The van der Waals surface area contributed by atoms with Crippen molar-refractivity contribution in [1.29, 1.82) is 0 Å². The van der Waals surface area contributed by atoms with Crippen molar-refractivity contribution in [2.75, 3.05) is 13.2 Å². The van der Waals surface area contributed by atoms with Crippen molar-refractivity contribution < 1.29 is 32.3 Å². The summed E-state index contributed by atoms with van der Waals surface area (Å²) in [6, 6.07) is 2.59. The van der Waals surface area contributed by atoms with Crippen LogP contribution in [-0.2, 0) is 11.3 Å². The van der Waals surface area contributed by atoms with E-state index in [0.717, 1.165) is 0 Å². The van der Waals surface area contributed by atoms with Crippen molar-refractivity contribution in [1.82, 2.24) is 20.2 Å². The Morgan fingerprint density at radius 3 is 2.69 bits per heavy atom. The summed E-state index contributed by atoms with van der Waals surface area (Å²) in [6.07, 6.45) is -1.82. The molecule has 3 heterocycles. The van der Waals surface area contributed by atoms with Crippen LogP contribution in [0.15, 0.2) is 24.5 Å². The van der Waals surface area contributed by atoms with Gasteiger partial charge < -0.3 is 20.7 Å². The molecular formula is C20H20F3N5O4. The molecule has 9 nitrogen and oxygen atoms in total. The highest BCUT2D eigenvalue weighted by atomic mass is 19.4. The number of nitrogens with two attached hydrogens (primary N) is 1. The minimum atomic E-state index is -4.48. The van der Waals surface area contributed by atoms with Crippen LogP contribution in [-0.4, -0.2) is 51.9 Å². The summed E-state index contributed by atoms with van der Waals surface area (Å²) in [5.74, 6) is -1.84. The van der Waals surface area contributed by atoms with Crippen LogP contribution in [0.1, 0.15) is 50.5 Å². The monoisotopic (exact) mass is 451 g/mol. The van der Waals surface area contributed by atoms with Crippen molar-refractivity contribution in [3.63, 3.8) is 0 Å². The molecule has 1 unspecified atom stereocenters. The number of nitrogens with zero attached hydrogens (tertiary/aromatic N) is 3. The van der Waals surface area contributed by atoms with Gasteiger partial charge in [0.2, 0.25) is 11.8 Å². The number of fused-ring (bicyclic) bond motifs is 1. The second kappa shape index (κ2) is 8.81. The Labute approximate surface area is 180 Å². The van der Waals surface area contributed by atoms with Crippen molar-refractivity contribution in [2.24, 2.45) is 5.73 Å². The summed E-state index contributed by atoms with van der Waals surface area (Å²) < 4.78 is 41.9. The van der Waals surface area contributed by atoms with Gasteiger partial charge in [-0.15, -0.1) is 0 Å². The van der Waals surface area contributed by atoms with E-state index in [1.54, 1.807) is 19.9 Å². The summed E-state index contributed by atoms with van der Waals surface area (Å²) >= 11 is 0. The van der Waals surface area contributed by atoms with Gasteiger partial charge in [-0.2, -0.15) is 13.2 Å². The standard InChI is InChI=1S/C20H20F3N5O4/c1-10-5-12(6-27-18(10)32-9-20(21,22)23)11(2)28-8-14-13(19(28)31)3-4-25-16(14)17(30)26-7-15(24)29/h3-6,11H,7-9H2,1-2H3,(H2,24,29)(H,26,30). The molecule has 0 saturated heterocycles. The summed E-state index contributed by atoms with van der Waals surface area (Å²) in [5.41, 5.74) is 6.71. The molecule has 2 aromatic heterocycles. The lowest BCUT2D eigenvalue weighted by atomic mass is 10.1. The number of hydrogen-bond donors (Lipinski definition) is 2. The predicted octanol–water partition coefficient (Wildman–Crippen LogP) is 1.66. The number of amides is 3. The zero-order valence-corrected chi connectivity index (χ0v) is 17.2. The number of aromatic nitrogens is 2. The first-order valence-corrected chi connectivity index (χ1v) is 9.49. The first kappa shape index (κ1) is 23.0. The summed E-state index contributed by atoms with van der Waals surface area (Å²) in [4.78, 5) is 45.7. The Kier molecular flexibility index (Phi) is 6.32. The van der Waals surface area contributed by atoms with Crippen LogP contribution in [0.2, 0.25) is 0 Å². The van der Waals surface area contributed by atoms with Crippen LogP contribution in [0.4, 0.5) is 13.2 Å². The Balaban J connectivity index is 1.79. The summed E-state index contributed by atoms with van der Waals surface area (Å²) in [7, 11) is 0. The molecule has 0 bridgehead atoms. The molecule has 0 radical (unpaired) electrons. The quantitative estimate of drug-likeness (QED) is 0.659. The Bertz CT molecular complexity index is 1070. The number of aryl methyl sites for hydroxylation is 1. The number of carbonyl (C=O) groups is 3. The molecule has 170 valence electrons. The maximum atomic E-state index is 12.9. The van der Waals surface area contributed by atoms with Gasteiger partial charge in [0.1, 0.15) is 5.69 Å². The lowest BCUT2D eigenvalue weighted by Crippen LogP contribution is -2.34. The third kappa shape index (κ3) is 4.95. The van der Waals surface area contributed by atoms with E-state index in [-0.39, 0.29) is 30.6 Å². The molecule has 0 saturated carbocycles. The molecular weight excluding hydrogens is 431 g/mol. The SMILES string of the molecule is Cc1cc(C(C)N2Cc3c(ccnc3C(=O)NCC(N)=O)C2=O)cnc1OCC(F)(F)F. The van der Waals surface area contributed by atoms with E-state index in [4.69, 9.17) is 10.5 Å². The van der Waals surface area contributed by atoms with Gasteiger partial charge in [-0.3, -0.25) is 19.4 Å². The molecule has 3 N–H and O–H groups in total. The minimum absolute atomic E-state index is 0.0111. The largest absolute Gasteiger partial charge is 0.468 e. The fourth-order valence-corrected chi connectivity index (χ4v) is 3.30. The molecule has 0 spiro atoms. The topological polar surface area (TPSA) is 128 Å². The summed E-state index contributed by atoms with van der Waals surface area (Å²) in [5, 5.41) is 2.35. The maximum Gasteiger partial charge on any atom is 0.422 e. The Morgan fingerprint density at radius 2 is 2.06 bits per heavy atom. The van der Waals surface area contributed by atoms with Crippen LogP contribution >= 0.6 is 0 Å². The Hall–Kier alpha value is -3.70. The molecule has 1 atom stereocenters. The number of alkyl halides is 3. The number of halogens is 3. The van der Waals surface area contributed by atoms with Crippen molar-refractivity contribution in [3.05, 3.63) is 52.5 Å². The number of nitrogens with one attached hydrogen (secondary N) is 1. The second-order valence-corrected chi connectivity index (χ2v) is 7.24. The number of hydrogen-bond acceptors (Lipinski definition) is 6. The lowest BCUT2D eigenvalue weighted by Gasteiger charge is -2.25. The molecule has 0 fully saturated rings. The van der Waals surface area contributed by atoms with Gasteiger partial charge in [-0.05, 0) is 31.5 Å². The molecule has 1 aliphatic rings. The fourth-order valence-electron chi connectivity index (χ4n) is 3.30. The highest BCUT2D eigenvalue weighted by Crippen LogP contribution is 2.33. The van der Waals surface area contributed by atoms with Gasteiger partial charge in [0.05, 0.1) is 12.6 Å². The van der Waals surface area contributed by atoms with E-state index in [1.165, 1.54) is 23.4 Å². The van der Waals surface area contributed by atoms with Crippen LogP contribution in [0.5, 0.6) is 5.88 Å². The van der Waals surface area contributed by atoms with Gasteiger partial charge in [0.25, 0.3) is 11.8 Å². The Morgan fingerprint density at radius 1 is 1.34 bits per heavy atom.